The zero-order valence-corrected chi connectivity index (χ0v) is 12.2. The summed E-state index contributed by atoms with van der Waals surface area (Å²) < 4.78 is 3.12. The lowest BCUT2D eigenvalue weighted by molar-refractivity contribution is 0.388. The minimum Gasteiger partial charge on any atom is -0.248 e. The molecule has 0 bridgehead atoms. The summed E-state index contributed by atoms with van der Waals surface area (Å²) in [5.41, 5.74) is 1.59. The number of halogens is 1. The summed E-state index contributed by atoms with van der Waals surface area (Å²) in [5, 5.41) is 8.35. The van der Waals surface area contributed by atoms with E-state index in [0.717, 1.165) is 16.7 Å². The van der Waals surface area contributed by atoms with Gasteiger partial charge >= 0.3 is 0 Å². The highest BCUT2D eigenvalue weighted by Gasteiger charge is 2.18. The topological polar surface area (TPSA) is 30.7 Å². The highest BCUT2D eigenvalue weighted by Crippen LogP contribution is 2.23. The maximum atomic E-state index is 4.20. The molecule has 15 heavy (non-hydrogen) atoms. The molecule has 0 saturated heterocycles. The van der Waals surface area contributed by atoms with Crippen LogP contribution in [0.15, 0.2) is 0 Å². The minimum atomic E-state index is 0.297. The summed E-state index contributed by atoms with van der Waals surface area (Å²) in [6.45, 7) is 9.95. The van der Waals surface area contributed by atoms with Gasteiger partial charge in [0.05, 0.1) is 5.69 Å². The quantitative estimate of drug-likeness (QED) is 0.797. The first kappa shape index (κ1) is 12.9. The molecule has 0 spiro atoms. The van der Waals surface area contributed by atoms with Gasteiger partial charge < -0.3 is 0 Å². The Morgan fingerprint density at radius 2 is 2.00 bits per heavy atom. The average Bonchev–Trinajstić information content (AvgIpc) is 2.43. The largest absolute Gasteiger partial charge is 0.248 e. The van der Waals surface area contributed by atoms with Crippen molar-refractivity contribution < 1.29 is 0 Å². The molecule has 4 heteroatoms. The van der Waals surface area contributed by atoms with Crippen LogP contribution in [0.5, 0.6) is 0 Å². The zero-order chi connectivity index (χ0) is 11.5. The van der Waals surface area contributed by atoms with E-state index in [1.165, 1.54) is 18.5 Å². The van der Waals surface area contributed by atoms with Crippen LogP contribution in [0.3, 0.4) is 0 Å². The van der Waals surface area contributed by atoms with Gasteiger partial charge in [-0.05, 0) is 40.8 Å². The number of nitrogens with zero attached hydrogens (tertiary/aromatic N) is 3. The fraction of sp³-hybridized carbons (Fsp3) is 0.818. The third kappa shape index (κ3) is 4.09. The molecule has 0 fully saturated rings. The van der Waals surface area contributed by atoms with Crippen LogP contribution in [0, 0.1) is 9.12 Å². The highest BCUT2D eigenvalue weighted by molar-refractivity contribution is 14.1. The Morgan fingerprint density at radius 1 is 1.33 bits per heavy atom. The normalized spacial score (nSPS) is 12.1. The van der Waals surface area contributed by atoms with E-state index in [-0.39, 0.29) is 0 Å². The van der Waals surface area contributed by atoms with E-state index >= 15 is 0 Å². The van der Waals surface area contributed by atoms with E-state index in [4.69, 9.17) is 0 Å². The summed E-state index contributed by atoms with van der Waals surface area (Å²) >= 11 is 2.28. The van der Waals surface area contributed by atoms with Crippen LogP contribution in [0.25, 0.3) is 0 Å². The molecule has 86 valence electrons. The third-order valence-corrected chi connectivity index (χ3v) is 3.05. The second-order valence-electron chi connectivity index (χ2n) is 5.14. The summed E-state index contributed by atoms with van der Waals surface area (Å²) in [5.74, 6) is 0. The Hall–Kier alpha value is -0.130. The summed E-state index contributed by atoms with van der Waals surface area (Å²) in [6, 6.07) is 0. The lowest BCUT2D eigenvalue weighted by Gasteiger charge is -2.18. The summed E-state index contributed by atoms with van der Waals surface area (Å²) in [4.78, 5) is 0. The van der Waals surface area contributed by atoms with Crippen molar-refractivity contribution in [1.82, 2.24) is 15.0 Å². The highest BCUT2D eigenvalue weighted by atomic mass is 127. The first-order chi connectivity index (χ1) is 6.94. The number of rotatable bonds is 4. The number of aryl methyl sites for hydroxylation is 1. The van der Waals surface area contributed by atoms with Crippen LogP contribution < -0.4 is 0 Å². The maximum Gasteiger partial charge on any atom is 0.146 e. The van der Waals surface area contributed by atoms with Gasteiger partial charge in [-0.3, -0.25) is 0 Å². The van der Waals surface area contributed by atoms with Crippen LogP contribution >= 0.6 is 22.6 Å². The van der Waals surface area contributed by atoms with Gasteiger partial charge in [0.1, 0.15) is 3.70 Å². The van der Waals surface area contributed by atoms with Crippen molar-refractivity contribution in [2.24, 2.45) is 5.41 Å². The molecule has 0 N–H and O–H groups in total. The molecule has 0 radical (unpaired) electrons. The van der Waals surface area contributed by atoms with E-state index in [9.17, 15) is 0 Å². The molecule has 0 aliphatic rings. The standard InChI is InChI=1S/C11H20IN3/c1-5-6-7-15-9(8-11(2,3)4)10(12)13-14-15/h5-8H2,1-4H3. The molecular weight excluding hydrogens is 301 g/mol. The predicted octanol–water partition coefficient (Wildman–Crippen LogP) is 3.27. The fourth-order valence-corrected chi connectivity index (χ4v) is 2.03. The summed E-state index contributed by atoms with van der Waals surface area (Å²) in [6.07, 6.45) is 3.42. The van der Waals surface area contributed by atoms with Crippen LogP contribution in [-0.4, -0.2) is 15.0 Å². The zero-order valence-electron chi connectivity index (χ0n) is 10.0. The maximum absolute atomic E-state index is 4.20. The van der Waals surface area contributed by atoms with Gasteiger partial charge in [-0.25, -0.2) is 4.68 Å². The van der Waals surface area contributed by atoms with Crippen LogP contribution in [0.2, 0.25) is 0 Å². The molecule has 0 aliphatic carbocycles. The van der Waals surface area contributed by atoms with Gasteiger partial charge in [-0.2, -0.15) is 0 Å². The van der Waals surface area contributed by atoms with Crippen LogP contribution in [-0.2, 0) is 13.0 Å². The first-order valence-electron chi connectivity index (χ1n) is 5.52. The molecule has 0 atom stereocenters. The van der Waals surface area contributed by atoms with Gasteiger partial charge in [0.25, 0.3) is 0 Å². The van der Waals surface area contributed by atoms with Gasteiger partial charge in [0.2, 0.25) is 0 Å². The van der Waals surface area contributed by atoms with Crippen molar-refractivity contribution in [3.05, 3.63) is 9.39 Å². The van der Waals surface area contributed by atoms with E-state index < -0.39 is 0 Å². The molecule has 0 saturated carbocycles. The number of hydrogen-bond donors (Lipinski definition) is 0. The van der Waals surface area contributed by atoms with Crippen molar-refractivity contribution >= 4 is 22.6 Å². The van der Waals surface area contributed by atoms with Crippen molar-refractivity contribution in [3.63, 3.8) is 0 Å². The molecule has 1 heterocycles. The minimum absolute atomic E-state index is 0.297. The van der Waals surface area contributed by atoms with E-state index in [0.29, 0.717) is 5.41 Å². The lowest BCUT2D eigenvalue weighted by Crippen LogP contribution is -2.15. The van der Waals surface area contributed by atoms with Crippen molar-refractivity contribution in [2.75, 3.05) is 0 Å². The smallest absolute Gasteiger partial charge is 0.146 e. The van der Waals surface area contributed by atoms with Crippen molar-refractivity contribution in [1.29, 1.82) is 0 Å². The monoisotopic (exact) mass is 321 g/mol. The average molecular weight is 321 g/mol. The molecule has 0 aromatic carbocycles. The van der Waals surface area contributed by atoms with Crippen molar-refractivity contribution in [3.8, 4) is 0 Å². The molecule has 3 nitrogen and oxygen atoms in total. The van der Waals surface area contributed by atoms with Gasteiger partial charge in [-0.1, -0.05) is 39.3 Å². The molecule has 1 aromatic heterocycles. The molecule has 1 aromatic rings. The van der Waals surface area contributed by atoms with Gasteiger partial charge in [0, 0.05) is 6.54 Å². The Morgan fingerprint density at radius 3 is 2.53 bits per heavy atom. The first-order valence-corrected chi connectivity index (χ1v) is 6.60. The number of aromatic nitrogens is 3. The number of unbranched alkanes of at least 4 members (excludes halogenated alkanes) is 1. The molecule has 0 aliphatic heterocycles. The van der Waals surface area contributed by atoms with E-state index in [1.54, 1.807) is 0 Å². The van der Waals surface area contributed by atoms with Crippen LogP contribution in [0.4, 0.5) is 0 Å². The second-order valence-corrected chi connectivity index (χ2v) is 6.16. The molecule has 0 amide bonds. The fourth-order valence-electron chi connectivity index (χ4n) is 1.47. The summed E-state index contributed by atoms with van der Waals surface area (Å²) in [7, 11) is 0. The van der Waals surface area contributed by atoms with Gasteiger partial charge in [0.15, 0.2) is 0 Å². The SMILES string of the molecule is CCCCn1nnc(I)c1CC(C)(C)C. The Kier molecular flexibility index (Phi) is 4.55. The predicted molar refractivity (Wildman–Crippen MR) is 70.8 cm³/mol. The third-order valence-electron chi connectivity index (χ3n) is 2.21. The van der Waals surface area contributed by atoms with E-state index in [1.807, 2.05) is 0 Å². The Bertz CT molecular complexity index is 312. The second kappa shape index (κ2) is 5.27. The molecule has 1 rings (SSSR count). The van der Waals surface area contributed by atoms with E-state index in [2.05, 4.69) is 65.3 Å². The van der Waals surface area contributed by atoms with Gasteiger partial charge in [-0.15, -0.1) is 5.10 Å². The Labute approximate surface area is 106 Å². The van der Waals surface area contributed by atoms with Crippen LogP contribution in [0.1, 0.15) is 46.2 Å². The van der Waals surface area contributed by atoms with Crippen molar-refractivity contribution in [2.45, 2.75) is 53.5 Å². The number of hydrogen-bond acceptors (Lipinski definition) is 2. The molecular formula is C11H20IN3. The lowest BCUT2D eigenvalue weighted by atomic mass is 9.91. The Balaban J connectivity index is 2.80. The molecule has 0 unspecified atom stereocenters.